The fraction of sp³-hybridized carbons (Fsp3) is 0.400. The van der Waals surface area contributed by atoms with Gasteiger partial charge >= 0.3 is 5.97 Å². The van der Waals surface area contributed by atoms with E-state index in [1.807, 2.05) is 0 Å². The Morgan fingerprint density at radius 3 is 2.72 bits per heavy atom. The maximum absolute atomic E-state index is 11.4. The Bertz CT molecular complexity index is 449. The number of carboxylic acids is 1. The number of anilines is 1. The van der Waals surface area contributed by atoms with Crippen LogP contribution in [0.3, 0.4) is 0 Å². The first-order chi connectivity index (χ1) is 8.51. The molecule has 1 amide bonds. The number of aliphatic carboxylic acids is 1. The third-order valence-electron chi connectivity index (χ3n) is 1.75. The number of rotatable bonds is 6. The van der Waals surface area contributed by atoms with Crippen LogP contribution in [0, 0.1) is 6.92 Å². The Labute approximate surface area is 103 Å². The highest BCUT2D eigenvalue weighted by Crippen LogP contribution is 2.10. The Morgan fingerprint density at radius 1 is 1.39 bits per heavy atom. The van der Waals surface area contributed by atoms with E-state index in [0.29, 0.717) is 11.6 Å². The Hall–Kier alpha value is -2.22. The van der Waals surface area contributed by atoms with Crippen molar-refractivity contribution < 1.29 is 24.2 Å². The number of aromatic nitrogens is 2. The van der Waals surface area contributed by atoms with Crippen LogP contribution in [0.1, 0.15) is 5.69 Å². The van der Waals surface area contributed by atoms with Crippen LogP contribution in [-0.4, -0.2) is 47.3 Å². The molecular formula is C10H13N3O5. The Balaban J connectivity index is 2.53. The Kier molecular flexibility index (Phi) is 5.00. The van der Waals surface area contributed by atoms with Crippen LogP contribution in [0.5, 0.6) is 5.88 Å². The summed E-state index contributed by atoms with van der Waals surface area (Å²) in [6.45, 7) is 0.804. The van der Waals surface area contributed by atoms with Crippen molar-refractivity contribution in [3.05, 3.63) is 11.8 Å². The summed E-state index contributed by atoms with van der Waals surface area (Å²) in [7, 11) is 1.45. The number of ether oxygens (including phenoxy) is 2. The van der Waals surface area contributed by atoms with Gasteiger partial charge in [-0.2, -0.15) is 4.98 Å². The van der Waals surface area contributed by atoms with Crippen molar-refractivity contribution in [3.63, 3.8) is 0 Å². The highest BCUT2D eigenvalue weighted by atomic mass is 16.5. The largest absolute Gasteiger partial charge is 0.481 e. The van der Waals surface area contributed by atoms with E-state index in [1.54, 1.807) is 13.0 Å². The van der Waals surface area contributed by atoms with Crippen LogP contribution in [0.15, 0.2) is 6.07 Å². The summed E-state index contributed by atoms with van der Waals surface area (Å²) < 4.78 is 9.54. The molecule has 0 bridgehead atoms. The number of aryl methyl sites for hydroxylation is 1. The lowest BCUT2D eigenvalue weighted by Gasteiger charge is -2.06. The van der Waals surface area contributed by atoms with Gasteiger partial charge in [-0.3, -0.25) is 10.1 Å². The fourth-order valence-corrected chi connectivity index (χ4v) is 1.09. The van der Waals surface area contributed by atoms with Gasteiger partial charge in [-0.25, -0.2) is 9.78 Å². The number of nitrogens with one attached hydrogen (secondary N) is 1. The highest BCUT2D eigenvalue weighted by molar-refractivity contribution is 5.90. The molecule has 8 nitrogen and oxygen atoms in total. The number of amides is 1. The van der Waals surface area contributed by atoms with Crippen LogP contribution < -0.4 is 10.1 Å². The van der Waals surface area contributed by atoms with Crippen LogP contribution in [-0.2, 0) is 14.3 Å². The van der Waals surface area contributed by atoms with Crippen molar-refractivity contribution in [2.24, 2.45) is 0 Å². The number of carbonyl (C=O) groups is 2. The minimum atomic E-state index is -1.14. The van der Waals surface area contributed by atoms with Gasteiger partial charge in [-0.05, 0) is 6.92 Å². The molecule has 0 aliphatic heterocycles. The van der Waals surface area contributed by atoms with Crippen LogP contribution in [0.25, 0.3) is 0 Å². The summed E-state index contributed by atoms with van der Waals surface area (Å²) in [4.78, 5) is 29.4. The van der Waals surface area contributed by atoms with Crippen molar-refractivity contribution in [2.75, 3.05) is 25.6 Å². The molecular weight excluding hydrogens is 242 g/mol. The number of nitrogens with zero attached hydrogens (tertiary/aromatic N) is 2. The van der Waals surface area contributed by atoms with E-state index in [1.165, 1.54) is 7.11 Å². The van der Waals surface area contributed by atoms with Crippen molar-refractivity contribution in [1.29, 1.82) is 0 Å². The molecule has 1 rings (SSSR count). The number of hydrogen-bond acceptors (Lipinski definition) is 6. The molecule has 1 heterocycles. The first-order valence-electron chi connectivity index (χ1n) is 5.00. The fourth-order valence-electron chi connectivity index (χ4n) is 1.09. The molecule has 2 N–H and O–H groups in total. The average Bonchev–Trinajstić information content (AvgIpc) is 2.27. The van der Waals surface area contributed by atoms with Gasteiger partial charge in [0.2, 0.25) is 11.8 Å². The van der Waals surface area contributed by atoms with Crippen molar-refractivity contribution in [1.82, 2.24) is 9.97 Å². The van der Waals surface area contributed by atoms with Crippen LogP contribution >= 0.6 is 0 Å². The summed E-state index contributed by atoms with van der Waals surface area (Å²) in [5, 5.41) is 10.7. The van der Waals surface area contributed by atoms with E-state index in [9.17, 15) is 9.59 Å². The second kappa shape index (κ2) is 6.50. The SMILES string of the molecule is COc1cc(C)nc(NC(=O)COCC(=O)O)n1. The molecule has 0 radical (unpaired) electrons. The third kappa shape index (κ3) is 4.74. The van der Waals surface area contributed by atoms with Gasteiger partial charge in [0.25, 0.3) is 5.91 Å². The number of carboxylic acid groups (broad SMARTS) is 1. The molecule has 0 aliphatic rings. The van der Waals surface area contributed by atoms with Gasteiger partial charge in [0, 0.05) is 11.8 Å². The molecule has 1 aromatic heterocycles. The molecule has 1 aromatic rings. The molecule has 0 spiro atoms. The lowest BCUT2D eigenvalue weighted by Crippen LogP contribution is -2.22. The smallest absolute Gasteiger partial charge is 0.329 e. The standard InChI is InChI=1S/C10H13N3O5/c1-6-3-8(17-2)13-10(11-6)12-7(14)4-18-5-9(15)16/h3H,4-5H2,1-2H3,(H,15,16)(H,11,12,13,14). The third-order valence-corrected chi connectivity index (χ3v) is 1.75. The second-order valence-electron chi connectivity index (χ2n) is 3.31. The minimum Gasteiger partial charge on any atom is -0.481 e. The Morgan fingerprint density at radius 2 is 2.11 bits per heavy atom. The quantitative estimate of drug-likeness (QED) is 0.726. The summed E-state index contributed by atoms with van der Waals surface area (Å²) in [5.74, 6) is -1.28. The lowest BCUT2D eigenvalue weighted by molar-refractivity contribution is -0.143. The molecule has 0 aliphatic carbocycles. The van der Waals surface area contributed by atoms with Gasteiger partial charge in [-0.1, -0.05) is 0 Å². The summed E-state index contributed by atoms with van der Waals surface area (Å²) in [6.07, 6.45) is 0. The topological polar surface area (TPSA) is 111 Å². The van der Waals surface area contributed by atoms with E-state index in [0.717, 1.165) is 0 Å². The molecule has 0 saturated heterocycles. The number of methoxy groups -OCH3 is 1. The maximum atomic E-state index is 11.4. The summed E-state index contributed by atoms with van der Waals surface area (Å²) in [5.41, 5.74) is 0.628. The first-order valence-corrected chi connectivity index (χ1v) is 5.00. The van der Waals surface area contributed by atoms with E-state index >= 15 is 0 Å². The molecule has 8 heteroatoms. The van der Waals surface area contributed by atoms with E-state index in [4.69, 9.17) is 9.84 Å². The van der Waals surface area contributed by atoms with E-state index in [-0.39, 0.29) is 12.6 Å². The highest BCUT2D eigenvalue weighted by Gasteiger charge is 2.08. The lowest BCUT2D eigenvalue weighted by atomic mass is 10.4. The predicted octanol–water partition coefficient (Wildman–Crippen LogP) is -0.167. The molecule has 0 atom stereocenters. The molecule has 0 unspecified atom stereocenters. The van der Waals surface area contributed by atoms with Crippen molar-refractivity contribution in [3.8, 4) is 5.88 Å². The zero-order chi connectivity index (χ0) is 13.5. The monoisotopic (exact) mass is 255 g/mol. The summed E-state index contributed by atoms with van der Waals surface area (Å²) in [6, 6.07) is 1.61. The normalized spacial score (nSPS) is 9.89. The molecule has 0 aromatic carbocycles. The molecule has 18 heavy (non-hydrogen) atoms. The van der Waals surface area contributed by atoms with Crippen molar-refractivity contribution in [2.45, 2.75) is 6.92 Å². The van der Waals surface area contributed by atoms with Crippen LogP contribution in [0.4, 0.5) is 5.95 Å². The maximum Gasteiger partial charge on any atom is 0.329 e. The molecule has 98 valence electrons. The number of carbonyl (C=O) groups excluding carboxylic acids is 1. The first kappa shape index (κ1) is 13.8. The molecule has 0 saturated carbocycles. The van der Waals surface area contributed by atoms with Gasteiger partial charge in [0.1, 0.15) is 13.2 Å². The van der Waals surface area contributed by atoms with Gasteiger partial charge < -0.3 is 14.6 Å². The summed E-state index contributed by atoms with van der Waals surface area (Å²) >= 11 is 0. The van der Waals surface area contributed by atoms with Gasteiger partial charge in [0.05, 0.1) is 7.11 Å². The van der Waals surface area contributed by atoms with Crippen molar-refractivity contribution >= 4 is 17.8 Å². The van der Waals surface area contributed by atoms with Crippen LogP contribution in [0.2, 0.25) is 0 Å². The van der Waals surface area contributed by atoms with E-state index < -0.39 is 18.5 Å². The zero-order valence-corrected chi connectivity index (χ0v) is 9.97. The predicted molar refractivity (Wildman–Crippen MR) is 60.4 cm³/mol. The zero-order valence-electron chi connectivity index (χ0n) is 9.97. The van der Waals surface area contributed by atoms with Gasteiger partial charge in [-0.15, -0.1) is 0 Å². The minimum absolute atomic E-state index is 0.0794. The molecule has 0 fully saturated rings. The van der Waals surface area contributed by atoms with E-state index in [2.05, 4.69) is 20.0 Å². The average molecular weight is 255 g/mol. The van der Waals surface area contributed by atoms with Gasteiger partial charge in [0.15, 0.2) is 0 Å². The second-order valence-corrected chi connectivity index (χ2v) is 3.31. The number of hydrogen-bond donors (Lipinski definition) is 2.